The van der Waals surface area contributed by atoms with Crippen LogP contribution in [0, 0.1) is 0 Å². The van der Waals surface area contributed by atoms with E-state index >= 15 is 0 Å². The van der Waals surface area contributed by atoms with Crippen molar-refractivity contribution in [2.45, 2.75) is 13.3 Å². The van der Waals surface area contributed by atoms with E-state index in [0.717, 1.165) is 35.9 Å². The Labute approximate surface area is 98.7 Å². The van der Waals surface area contributed by atoms with Crippen LogP contribution in [-0.2, 0) is 6.42 Å². The molecule has 0 spiro atoms. The standard InChI is InChI=1S/C11H15NOS2/c1-2-9-3-4-10(15-9)11(13)12-5-7-14-8-6-12/h3-4H,2,5-8H2,1H3. The van der Waals surface area contributed by atoms with Gasteiger partial charge in [-0.3, -0.25) is 4.79 Å². The van der Waals surface area contributed by atoms with Crippen molar-refractivity contribution in [2.24, 2.45) is 0 Å². The van der Waals surface area contributed by atoms with Crippen LogP contribution in [0.5, 0.6) is 0 Å². The summed E-state index contributed by atoms with van der Waals surface area (Å²) < 4.78 is 0. The van der Waals surface area contributed by atoms with Gasteiger partial charge in [0.05, 0.1) is 4.88 Å². The van der Waals surface area contributed by atoms with E-state index in [1.807, 2.05) is 22.7 Å². The van der Waals surface area contributed by atoms with Crippen molar-refractivity contribution in [3.05, 3.63) is 21.9 Å². The van der Waals surface area contributed by atoms with Crippen molar-refractivity contribution < 1.29 is 4.79 Å². The van der Waals surface area contributed by atoms with Gasteiger partial charge in [0.1, 0.15) is 0 Å². The van der Waals surface area contributed by atoms with Crippen LogP contribution in [0.25, 0.3) is 0 Å². The van der Waals surface area contributed by atoms with Crippen LogP contribution < -0.4 is 0 Å². The van der Waals surface area contributed by atoms with Crippen LogP contribution in [0.4, 0.5) is 0 Å². The highest BCUT2D eigenvalue weighted by molar-refractivity contribution is 7.99. The third kappa shape index (κ3) is 2.55. The predicted molar refractivity (Wildman–Crippen MR) is 66.9 cm³/mol. The molecule has 1 saturated heterocycles. The molecule has 0 bridgehead atoms. The van der Waals surface area contributed by atoms with Gasteiger partial charge in [0, 0.05) is 29.5 Å². The van der Waals surface area contributed by atoms with Gasteiger partial charge in [-0.1, -0.05) is 6.92 Å². The van der Waals surface area contributed by atoms with Gasteiger partial charge in [0.2, 0.25) is 0 Å². The summed E-state index contributed by atoms with van der Waals surface area (Å²) in [4.78, 5) is 16.2. The molecule has 0 atom stereocenters. The van der Waals surface area contributed by atoms with Crippen LogP contribution in [0.3, 0.4) is 0 Å². The number of hydrogen-bond acceptors (Lipinski definition) is 3. The second-order valence-electron chi connectivity index (χ2n) is 3.52. The fourth-order valence-corrected chi connectivity index (χ4v) is 3.42. The lowest BCUT2D eigenvalue weighted by Gasteiger charge is -2.25. The molecule has 1 aliphatic rings. The highest BCUT2D eigenvalue weighted by Gasteiger charge is 2.19. The highest BCUT2D eigenvalue weighted by Crippen LogP contribution is 2.20. The van der Waals surface area contributed by atoms with Crippen molar-refractivity contribution in [2.75, 3.05) is 24.6 Å². The molecule has 2 heterocycles. The summed E-state index contributed by atoms with van der Waals surface area (Å²) in [5.74, 6) is 2.38. The van der Waals surface area contributed by atoms with Gasteiger partial charge in [-0.15, -0.1) is 11.3 Å². The summed E-state index contributed by atoms with van der Waals surface area (Å²) in [6.07, 6.45) is 1.02. The van der Waals surface area contributed by atoms with Gasteiger partial charge < -0.3 is 4.90 Å². The average molecular weight is 241 g/mol. The van der Waals surface area contributed by atoms with Gasteiger partial charge in [0.25, 0.3) is 5.91 Å². The third-order valence-electron chi connectivity index (χ3n) is 2.52. The SMILES string of the molecule is CCc1ccc(C(=O)N2CCSCC2)s1. The number of hydrogen-bond donors (Lipinski definition) is 0. The molecule has 1 aromatic heterocycles. The lowest BCUT2D eigenvalue weighted by atomic mass is 10.3. The molecule has 82 valence electrons. The zero-order chi connectivity index (χ0) is 10.7. The Hall–Kier alpha value is -0.480. The second kappa shape index (κ2) is 5.03. The number of carbonyl (C=O) groups is 1. The molecule has 2 nitrogen and oxygen atoms in total. The molecule has 4 heteroatoms. The first-order valence-electron chi connectivity index (χ1n) is 5.27. The molecule has 1 fully saturated rings. The Morgan fingerprint density at radius 3 is 2.73 bits per heavy atom. The number of thioether (sulfide) groups is 1. The number of thiophene rings is 1. The Bertz CT molecular complexity index is 342. The van der Waals surface area contributed by atoms with Crippen LogP contribution >= 0.6 is 23.1 Å². The highest BCUT2D eigenvalue weighted by atomic mass is 32.2. The Morgan fingerprint density at radius 1 is 1.40 bits per heavy atom. The number of amides is 1. The number of aryl methyl sites for hydroxylation is 1. The fourth-order valence-electron chi connectivity index (χ4n) is 1.61. The Kier molecular flexibility index (Phi) is 3.70. The molecule has 0 N–H and O–H groups in total. The van der Waals surface area contributed by atoms with E-state index in [-0.39, 0.29) is 5.91 Å². The van der Waals surface area contributed by atoms with E-state index in [4.69, 9.17) is 0 Å². The maximum Gasteiger partial charge on any atom is 0.263 e. The predicted octanol–water partition coefficient (Wildman–Crippen LogP) is 2.50. The lowest BCUT2D eigenvalue weighted by molar-refractivity contribution is 0.0777. The Morgan fingerprint density at radius 2 is 2.13 bits per heavy atom. The van der Waals surface area contributed by atoms with E-state index in [1.165, 1.54) is 4.88 Å². The van der Waals surface area contributed by atoms with Crippen LogP contribution in [-0.4, -0.2) is 35.4 Å². The molecule has 0 aromatic carbocycles. The quantitative estimate of drug-likeness (QED) is 0.793. The van der Waals surface area contributed by atoms with Crippen LogP contribution in [0.15, 0.2) is 12.1 Å². The molecule has 1 aliphatic heterocycles. The molecule has 0 aliphatic carbocycles. The van der Waals surface area contributed by atoms with Gasteiger partial charge >= 0.3 is 0 Å². The maximum atomic E-state index is 12.1. The summed E-state index contributed by atoms with van der Waals surface area (Å²) in [7, 11) is 0. The normalized spacial score (nSPS) is 16.7. The maximum absolute atomic E-state index is 12.1. The summed E-state index contributed by atoms with van der Waals surface area (Å²) in [5.41, 5.74) is 0. The van der Waals surface area contributed by atoms with E-state index in [1.54, 1.807) is 11.3 Å². The summed E-state index contributed by atoms with van der Waals surface area (Å²) in [6.45, 7) is 3.93. The van der Waals surface area contributed by atoms with Gasteiger partial charge in [-0.05, 0) is 18.6 Å². The van der Waals surface area contributed by atoms with Crippen molar-refractivity contribution in [1.82, 2.24) is 4.90 Å². The zero-order valence-electron chi connectivity index (χ0n) is 8.86. The van der Waals surface area contributed by atoms with Crippen molar-refractivity contribution >= 4 is 29.0 Å². The van der Waals surface area contributed by atoms with Crippen LogP contribution in [0.2, 0.25) is 0 Å². The topological polar surface area (TPSA) is 20.3 Å². The summed E-state index contributed by atoms with van der Waals surface area (Å²) in [6, 6.07) is 4.03. The van der Waals surface area contributed by atoms with Crippen molar-refractivity contribution in [1.29, 1.82) is 0 Å². The molecular formula is C11H15NOS2. The number of rotatable bonds is 2. The van der Waals surface area contributed by atoms with E-state index < -0.39 is 0 Å². The number of carbonyl (C=O) groups excluding carboxylic acids is 1. The van der Waals surface area contributed by atoms with Gasteiger partial charge in [-0.2, -0.15) is 11.8 Å². The molecule has 0 saturated carbocycles. The van der Waals surface area contributed by atoms with Crippen molar-refractivity contribution in [3.8, 4) is 0 Å². The van der Waals surface area contributed by atoms with Crippen LogP contribution in [0.1, 0.15) is 21.5 Å². The zero-order valence-corrected chi connectivity index (χ0v) is 10.5. The smallest absolute Gasteiger partial charge is 0.263 e. The largest absolute Gasteiger partial charge is 0.336 e. The summed E-state index contributed by atoms with van der Waals surface area (Å²) in [5, 5.41) is 0. The van der Waals surface area contributed by atoms with Crippen molar-refractivity contribution in [3.63, 3.8) is 0 Å². The average Bonchev–Trinajstić information content (AvgIpc) is 2.78. The number of nitrogens with zero attached hydrogens (tertiary/aromatic N) is 1. The minimum Gasteiger partial charge on any atom is -0.336 e. The molecule has 0 radical (unpaired) electrons. The minimum atomic E-state index is 0.222. The lowest BCUT2D eigenvalue weighted by Crippen LogP contribution is -2.37. The molecule has 1 amide bonds. The molecular weight excluding hydrogens is 226 g/mol. The molecule has 15 heavy (non-hydrogen) atoms. The third-order valence-corrected chi connectivity index (χ3v) is 4.68. The molecule has 2 rings (SSSR count). The first kappa shape index (κ1) is 11.0. The first-order chi connectivity index (χ1) is 7.31. The van der Waals surface area contributed by atoms with E-state index in [0.29, 0.717) is 0 Å². The van der Waals surface area contributed by atoms with Gasteiger partial charge in [-0.25, -0.2) is 0 Å². The monoisotopic (exact) mass is 241 g/mol. The summed E-state index contributed by atoms with van der Waals surface area (Å²) >= 11 is 3.57. The second-order valence-corrected chi connectivity index (χ2v) is 5.92. The van der Waals surface area contributed by atoms with Gasteiger partial charge in [0.15, 0.2) is 0 Å². The fraction of sp³-hybridized carbons (Fsp3) is 0.545. The Balaban J connectivity index is 2.05. The molecule has 0 unspecified atom stereocenters. The molecule has 1 aromatic rings. The van der Waals surface area contributed by atoms with E-state index in [9.17, 15) is 4.79 Å². The van der Waals surface area contributed by atoms with E-state index in [2.05, 4.69) is 13.0 Å². The minimum absolute atomic E-state index is 0.222. The first-order valence-corrected chi connectivity index (χ1v) is 7.24.